The highest BCUT2D eigenvalue weighted by Crippen LogP contribution is 2.18. The second kappa shape index (κ2) is 6.89. The van der Waals surface area contributed by atoms with Crippen LogP contribution in [-0.2, 0) is 19.4 Å². The SMILES string of the molecule is C#CCC(N)C(=O)N(CCOC)C1CCS(=O)(=O)C1. The maximum Gasteiger partial charge on any atom is 0.240 e. The van der Waals surface area contributed by atoms with Crippen molar-refractivity contribution in [2.75, 3.05) is 31.8 Å². The molecule has 19 heavy (non-hydrogen) atoms. The van der Waals surface area contributed by atoms with E-state index in [2.05, 4.69) is 5.92 Å². The molecule has 0 radical (unpaired) electrons. The van der Waals surface area contributed by atoms with Gasteiger partial charge in [0.05, 0.1) is 24.2 Å². The van der Waals surface area contributed by atoms with Crippen molar-refractivity contribution in [2.45, 2.75) is 24.9 Å². The van der Waals surface area contributed by atoms with E-state index >= 15 is 0 Å². The van der Waals surface area contributed by atoms with E-state index in [0.29, 0.717) is 19.6 Å². The Morgan fingerprint density at radius 3 is 2.79 bits per heavy atom. The van der Waals surface area contributed by atoms with Crippen LogP contribution in [0.15, 0.2) is 0 Å². The summed E-state index contributed by atoms with van der Waals surface area (Å²) in [6.45, 7) is 0.666. The maximum atomic E-state index is 12.2. The topological polar surface area (TPSA) is 89.7 Å². The van der Waals surface area contributed by atoms with Gasteiger partial charge in [-0.2, -0.15) is 0 Å². The molecular weight excluding hydrogens is 268 g/mol. The Kier molecular flexibility index (Phi) is 5.79. The Morgan fingerprint density at radius 1 is 1.63 bits per heavy atom. The average Bonchev–Trinajstić information content (AvgIpc) is 2.70. The van der Waals surface area contributed by atoms with Gasteiger partial charge in [-0.1, -0.05) is 0 Å². The van der Waals surface area contributed by atoms with Gasteiger partial charge in [0.25, 0.3) is 0 Å². The Bertz CT molecular complexity index is 455. The molecule has 1 heterocycles. The van der Waals surface area contributed by atoms with Gasteiger partial charge in [-0.15, -0.1) is 12.3 Å². The zero-order valence-electron chi connectivity index (χ0n) is 11.0. The van der Waals surface area contributed by atoms with E-state index in [0.717, 1.165) is 0 Å². The Morgan fingerprint density at radius 2 is 2.32 bits per heavy atom. The molecule has 2 atom stereocenters. The van der Waals surface area contributed by atoms with E-state index in [9.17, 15) is 13.2 Å². The van der Waals surface area contributed by atoms with Crippen LogP contribution in [-0.4, -0.2) is 63.1 Å². The summed E-state index contributed by atoms with van der Waals surface area (Å²) in [4.78, 5) is 13.7. The van der Waals surface area contributed by atoms with Crippen LogP contribution < -0.4 is 5.73 Å². The van der Waals surface area contributed by atoms with Crippen LogP contribution in [0.4, 0.5) is 0 Å². The predicted molar refractivity (Wildman–Crippen MR) is 72.1 cm³/mol. The van der Waals surface area contributed by atoms with E-state index in [-0.39, 0.29) is 29.9 Å². The van der Waals surface area contributed by atoms with Crippen molar-refractivity contribution in [3.8, 4) is 12.3 Å². The third kappa shape index (κ3) is 4.49. The van der Waals surface area contributed by atoms with E-state index in [1.807, 2.05) is 0 Å². The monoisotopic (exact) mass is 288 g/mol. The largest absolute Gasteiger partial charge is 0.383 e. The molecule has 2 N–H and O–H groups in total. The lowest BCUT2D eigenvalue weighted by Crippen LogP contribution is -2.50. The molecule has 108 valence electrons. The summed E-state index contributed by atoms with van der Waals surface area (Å²) in [5.41, 5.74) is 5.71. The molecule has 6 nitrogen and oxygen atoms in total. The number of sulfone groups is 1. The van der Waals surface area contributed by atoms with E-state index in [1.54, 1.807) is 0 Å². The van der Waals surface area contributed by atoms with Crippen LogP contribution in [0, 0.1) is 12.3 Å². The lowest BCUT2D eigenvalue weighted by atomic mass is 10.1. The highest BCUT2D eigenvalue weighted by atomic mass is 32.2. The molecule has 1 saturated heterocycles. The van der Waals surface area contributed by atoms with E-state index < -0.39 is 15.9 Å². The number of nitrogens with two attached hydrogens (primary N) is 1. The summed E-state index contributed by atoms with van der Waals surface area (Å²) in [5, 5.41) is 0. The number of carbonyl (C=O) groups excluding carboxylic acids is 1. The van der Waals surface area contributed by atoms with Crippen LogP contribution in [0.25, 0.3) is 0 Å². The van der Waals surface area contributed by atoms with Crippen molar-refractivity contribution in [1.29, 1.82) is 0 Å². The second-order valence-electron chi connectivity index (χ2n) is 4.60. The summed E-state index contributed by atoms with van der Waals surface area (Å²) >= 11 is 0. The van der Waals surface area contributed by atoms with Crippen LogP contribution in [0.1, 0.15) is 12.8 Å². The molecule has 1 aliphatic heterocycles. The molecule has 0 saturated carbocycles. The van der Waals surface area contributed by atoms with Crippen LogP contribution >= 0.6 is 0 Å². The number of ether oxygens (including phenoxy) is 1. The third-order valence-corrected chi connectivity index (χ3v) is 4.87. The lowest BCUT2D eigenvalue weighted by Gasteiger charge is -2.30. The predicted octanol–water partition coefficient (Wildman–Crippen LogP) is -1.00. The van der Waals surface area contributed by atoms with Gasteiger partial charge in [-0.3, -0.25) is 4.79 Å². The lowest BCUT2D eigenvalue weighted by molar-refractivity contribution is -0.135. The summed E-state index contributed by atoms with van der Waals surface area (Å²) in [6, 6.07) is -1.11. The first-order chi connectivity index (χ1) is 8.91. The van der Waals surface area contributed by atoms with Crippen molar-refractivity contribution < 1.29 is 17.9 Å². The smallest absolute Gasteiger partial charge is 0.240 e. The van der Waals surface area contributed by atoms with Gasteiger partial charge in [0.15, 0.2) is 9.84 Å². The Balaban J connectivity index is 2.77. The van der Waals surface area contributed by atoms with Gasteiger partial charge in [-0.05, 0) is 6.42 Å². The number of hydrogen-bond donors (Lipinski definition) is 1. The highest BCUT2D eigenvalue weighted by Gasteiger charge is 2.35. The number of rotatable bonds is 6. The van der Waals surface area contributed by atoms with Gasteiger partial charge >= 0.3 is 0 Å². The Hall–Kier alpha value is -1.10. The molecule has 0 aromatic rings. The number of amides is 1. The molecule has 0 bridgehead atoms. The van der Waals surface area contributed by atoms with Crippen LogP contribution in [0.2, 0.25) is 0 Å². The standard InChI is InChI=1S/C12H20N2O4S/c1-3-4-11(13)12(15)14(6-7-18-2)10-5-8-19(16,17)9-10/h1,10-11H,4-9,13H2,2H3. The van der Waals surface area contributed by atoms with Crippen LogP contribution in [0.5, 0.6) is 0 Å². The molecule has 7 heteroatoms. The fourth-order valence-electron chi connectivity index (χ4n) is 2.11. The quantitative estimate of drug-likeness (QED) is 0.633. The van der Waals surface area contributed by atoms with Crippen LogP contribution in [0.3, 0.4) is 0 Å². The zero-order valence-corrected chi connectivity index (χ0v) is 11.9. The van der Waals surface area contributed by atoms with Crippen molar-refractivity contribution in [3.05, 3.63) is 0 Å². The molecule has 1 aliphatic rings. The third-order valence-electron chi connectivity index (χ3n) is 3.12. The maximum absolute atomic E-state index is 12.2. The molecule has 0 aliphatic carbocycles. The van der Waals surface area contributed by atoms with Gasteiger partial charge in [0, 0.05) is 26.1 Å². The molecule has 0 aromatic carbocycles. The van der Waals surface area contributed by atoms with Gasteiger partial charge in [0.1, 0.15) is 0 Å². The molecule has 2 unspecified atom stereocenters. The number of methoxy groups -OCH3 is 1. The number of nitrogens with zero attached hydrogens (tertiary/aromatic N) is 1. The molecule has 0 aromatic heterocycles. The first kappa shape index (κ1) is 16.0. The number of terminal acetylenes is 1. The first-order valence-electron chi connectivity index (χ1n) is 6.10. The van der Waals surface area contributed by atoms with E-state index in [4.69, 9.17) is 16.9 Å². The fourth-order valence-corrected chi connectivity index (χ4v) is 3.84. The van der Waals surface area contributed by atoms with Gasteiger partial charge < -0.3 is 15.4 Å². The molecule has 1 fully saturated rings. The van der Waals surface area contributed by atoms with Gasteiger partial charge in [-0.25, -0.2) is 8.42 Å². The summed E-state index contributed by atoms with van der Waals surface area (Å²) < 4.78 is 28.0. The van der Waals surface area contributed by atoms with Crippen molar-refractivity contribution in [2.24, 2.45) is 5.73 Å². The van der Waals surface area contributed by atoms with Gasteiger partial charge in [0.2, 0.25) is 5.91 Å². The van der Waals surface area contributed by atoms with Crippen molar-refractivity contribution in [3.63, 3.8) is 0 Å². The minimum absolute atomic E-state index is 0.00870. The second-order valence-corrected chi connectivity index (χ2v) is 6.82. The minimum Gasteiger partial charge on any atom is -0.383 e. The zero-order chi connectivity index (χ0) is 14.5. The Labute approximate surface area is 114 Å². The molecule has 1 amide bonds. The van der Waals surface area contributed by atoms with E-state index in [1.165, 1.54) is 12.0 Å². The number of carbonyl (C=O) groups is 1. The van der Waals surface area contributed by atoms with Crippen molar-refractivity contribution in [1.82, 2.24) is 4.90 Å². The normalized spacial score (nSPS) is 22.7. The molecule has 1 rings (SSSR count). The number of hydrogen-bond acceptors (Lipinski definition) is 5. The average molecular weight is 288 g/mol. The molecule has 0 spiro atoms. The first-order valence-corrected chi connectivity index (χ1v) is 7.92. The highest BCUT2D eigenvalue weighted by molar-refractivity contribution is 7.91. The van der Waals surface area contributed by atoms with Crippen molar-refractivity contribution >= 4 is 15.7 Å². The summed E-state index contributed by atoms with van der Waals surface area (Å²) in [6.07, 6.45) is 5.73. The summed E-state index contributed by atoms with van der Waals surface area (Å²) in [7, 11) is -1.53. The summed E-state index contributed by atoms with van der Waals surface area (Å²) in [5.74, 6) is 2.14. The minimum atomic E-state index is -3.05. The molecular formula is C12H20N2O4S. The fraction of sp³-hybridized carbons (Fsp3) is 0.750.